The smallest absolute Gasteiger partial charge is 0.220 e. The molecule has 560 valence electrons. The van der Waals surface area contributed by atoms with Gasteiger partial charge in [-0.15, -0.1) is 0 Å². The molecule has 3 rings (SSSR count). The van der Waals surface area contributed by atoms with Crippen LogP contribution in [0, 0.1) is 0 Å². The lowest BCUT2D eigenvalue weighted by Gasteiger charge is -2.48. The number of aliphatic hydroxyl groups excluding tert-OH is 11. The fraction of sp³-hybridized carbons (Fsp3) is 0.782. The molecule has 1 amide bonds. The zero-order valence-corrected chi connectivity index (χ0v) is 59.5. The van der Waals surface area contributed by atoms with Crippen LogP contribution in [0.1, 0.15) is 258 Å². The maximum Gasteiger partial charge on any atom is 0.220 e. The topological polar surface area (TPSA) is 307 Å². The Kier molecular flexibility index (Phi) is 52.8. The zero-order valence-electron chi connectivity index (χ0n) is 59.5. The molecule has 0 radical (unpaired) electrons. The summed E-state index contributed by atoms with van der Waals surface area (Å²) >= 11 is 0. The van der Waals surface area contributed by atoms with Gasteiger partial charge in [0.05, 0.1) is 38.6 Å². The van der Waals surface area contributed by atoms with Crippen LogP contribution in [-0.4, -0.2) is 193 Å². The first-order chi connectivity index (χ1) is 47.3. The van der Waals surface area contributed by atoms with E-state index in [1.165, 1.54) is 135 Å². The summed E-state index contributed by atoms with van der Waals surface area (Å²) in [7, 11) is 0. The minimum absolute atomic E-state index is 0.204. The van der Waals surface area contributed by atoms with Gasteiger partial charge in [0.1, 0.15) is 73.2 Å². The molecule has 0 saturated carbocycles. The Morgan fingerprint density at radius 3 is 1.15 bits per heavy atom. The van der Waals surface area contributed by atoms with Crippen LogP contribution in [0.3, 0.4) is 0 Å². The molecule has 19 nitrogen and oxygen atoms in total. The molecule has 12 N–H and O–H groups in total. The Morgan fingerprint density at radius 1 is 0.381 bits per heavy atom. The van der Waals surface area contributed by atoms with Crippen molar-refractivity contribution in [2.45, 2.75) is 362 Å². The number of rotatable bonds is 58. The molecule has 17 atom stereocenters. The molecule has 3 aliphatic heterocycles. The largest absolute Gasteiger partial charge is 0.394 e. The molecule has 3 saturated heterocycles. The highest BCUT2D eigenvalue weighted by Crippen LogP contribution is 2.33. The minimum Gasteiger partial charge on any atom is -0.394 e. The van der Waals surface area contributed by atoms with Crippen LogP contribution in [0.5, 0.6) is 0 Å². The molecule has 3 aliphatic rings. The van der Waals surface area contributed by atoms with Gasteiger partial charge in [-0.05, 0) is 89.9 Å². The Balaban J connectivity index is 1.42. The molecule has 0 spiro atoms. The molecule has 0 aromatic heterocycles. The van der Waals surface area contributed by atoms with Crippen LogP contribution in [-0.2, 0) is 33.2 Å². The van der Waals surface area contributed by atoms with Crippen LogP contribution in [0.15, 0.2) is 97.2 Å². The average Bonchev–Trinajstić information content (AvgIpc) is 0.789. The summed E-state index contributed by atoms with van der Waals surface area (Å²) in [4.78, 5) is 13.4. The van der Waals surface area contributed by atoms with E-state index in [0.29, 0.717) is 12.8 Å². The van der Waals surface area contributed by atoms with Crippen LogP contribution in [0.2, 0.25) is 0 Å². The van der Waals surface area contributed by atoms with Gasteiger partial charge in [0, 0.05) is 6.42 Å². The van der Waals surface area contributed by atoms with Gasteiger partial charge in [0.2, 0.25) is 5.91 Å². The Morgan fingerprint density at radius 2 is 0.722 bits per heavy atom. The SMILES string of the molecule is CC/C=C\C/C=C\C/C=C\C/C=C\C/C=C\CCCCCCCC(=O)NC(COC1OC(CO)C(OC2OC(CO)C(OC3OC(CO)C(O)C(O)C3O)C(O)C2O)C(O)C1O)C(O)/C=C/CC/C=C/CC/C=C/CCCCCCCCCCCCCCCCCCCCCCC. The van der Waals surface area contributed by atoms with Gasteiger partial charge in [0.25, 0.3) is 0 Å². The van der Waals surface area contributed by atoms with E-state index in [4.69, 9.17) is 28.4 Å². The number of amides is 1. The van der Waals surface area contributed by atoms with Crippen LogP contribution < -0.4 is 5.32 Å². The van der Waals surface area contributed by atoms with Crippen molar-refractivity contribution >= 4 is 5.91 Å². The van der Waals surface area contributed by atoms with E-state index in [-0.39, 0.29) is 18.9 Å². The quantitative estimate of drug-likeness (QED) is 0.0199. The van der Waals surface area contributed by atoms with Crippen molar-refractivity contribution in [1.82, 2.24) is 5.32 Å². The van der Waals surface area contributed by atoms with E-state index < -0.39 is 124 Å². The van der Waals surface area contributed by atoms with Crippen LogP contribution in [0.25, 0.3) is 0 Å². The van der Waals surface area contributed by atoms with Gasteiger partial charge < -0.3 is 89.9 Å². The Bertz CT molecular complexity index is 2130. The van der Waals surface area contributed by atoms with Gasteiger partial charge in [-0.2, -0.15) is 0 Å². The van der Waals surface area contributed by atoms with E-state index in [9.17, 15) is 61.0 Å². The molecule has 0 aromatic rings. The first-order valence-corrected chi connectivity index (χ1v) is 38.0. The molecule has 3 heterocycles. The summed E-state index contributed by atoms with van der Waals surface area (Å²) in [5.41, 5.74) is 0. The number of carbonyl (C=O) groups excluding carboxylic acids is 1. The number of ether oxygens (including phenoxy) is 6. The molecule has 19 heteroatoms. The fourth-order valence-electron chi connectivity index (χ4n) is 12.3. The number of unbranched alkanes of at least 4 members (excludes halogenated alkanes) is 28. The summed E-state index contributed by atoms with van der Waals surface area (Å²) in [6, 6.07) is -1.02. The van der Waals surface area contributed by atoms with Crippen molar-refractivity contribution < 1.29 is 89.4 Å². The Hall–Kier alpha value is -3.29. The third-order valence-electron chi connectivity index (χ3n) is 18.3. The van der Waals surface area contributed by atoms with E-state index >= 15 is 0 Å². The molecule has 17 unspecified atom stereocenters. The summed E-state index contributed by atoms with van der Waals surface area (Å²) in [5.74, 6) is -0.310. The van der Waals surface area contributed by atoms with Gasteiger partial charge in [-0.1, -0.05) is 259 Å². The number of carbonyl (C=O) groups is 1. The van der Waals surface area contributed by atoms with Crippen molar-refractivity contribution in [2.24, 2.45) is 0 Å². The fourth-order valence-corrected chi connectivity index (χ4v) is 12.3. The molecule has 3 fully saturated rings. The van der Waals surface area contributed by atoms with E-state index in [0.717, 1.165) is 89.9 Å². The highest BCUT2D eigenvalue weighted by Gasteiger charge is 2.53. The average molecular weight is 1370 g/mol. The van der Waals surface area contributed by atoms with Crippen LogP contribution >= 0.6 is 0 Å². The van der Waals surface area contributed by atoms with E-state index in [1.807, 2.05) is 6.08 Å². The predicted molar refractivity (Wildman–Crippen MR) is 383 cm³/mol. The number of hydrogen-bond donors (Lipinski definition) is 12. The predicted octanol–water partition coefficient (Wildman–Crippen LogP) is 11.6. The second kappa shape index (κ2) is 58.2. The molecule has 0 bridgehead atoms. The highest BCUT2D eigenvalue weighted by molar-refractivity contribution is 5.76. The lowest BCUT2D eigenvalue weighted by Crippen LogP contribution is -2.66. The molecule has 0 aromatic carbocycles. The third-order valence-corrected chi connectivity index (χ3v) is 18.3. The van der Waals surface area contributed by atoms with Crippen molar-refractivity contribution in [1.29, 1.82) is 0 Å². The monoisotopic (exact) mass is 1370 g/mol. The minimum atomic E-state index is -1.99. The van der Waals surface area contributed by atoms with E-state index in [1.54, 1.807) is 6.08 Å². The van der Waals surface area contributed by atoms with E-state index in [2.05, 4.69) is 104 Å². The van der Waals surface area contributed by atoms with Crippen molar-refractivity contribution in [2.75, 3.05) is 26.4 Å². The third kappa shape index (κ3) is 39.1. The van der Waals surface area contributed by atoms with Gasteiger partial charge in [-0.25, -0.2) is 0 Å². The lowest BCUT2D eigenvalue weighted by atomic mass is 9.96. The summed E-state index contributed by atoms with van der Waals surface area (Å²) < 4.78 is 34.4. The summed E-state index contributed by atoms with van der Waals surface area (Å²) in [6.45, 7) is 1.59. The lowest BCUT2D eigenvalue weighted by molar-refractivity contribution is -0.379. The molecular weight excluding hydrogens is 1240 g/mol. The molecular formula is C78H135NO18. The number of allylic oxidation sites excluding steroid dienone is 15. The first-order valence-electron chi connectivity index (χ1n) is 38.0. The van der Waals surface area contributed by atoms with Crippen LogP contribution in [0.4, 0.5) is 0 Å². The normalized spacial score (nSPS) is 27.5. The second-order valence-electron chi connectivity index (χ2n) is 26.7. The second-order valence-corrected chi connectivity index (χ2v) is 26.7. The van der Waals surface area contributed by atoms with Crippen molar-refractivity contribution in [3.63, 3.8) is 0 Å². The van der Waals surface area contributed by atoms with Crippen molar-refractivity contribution in [3.05, 3.63) is 97.2 Å². The Labute approximate surface area is 583 Å². The van der Waals surface area contributed by atoms with Crippen molar-refractivity contribution in [3.8, 4) is 0 Å². The zero-order chi connectivity index (χ0) is 70.4. The maximum atomic E-state index is 13.4. The van der Waals surface area contributed by atoms with Gasteiger partial charge in [0.15, 0.2) is 18.9 Å². The van der Waals surface area contributed by atoms with Gasteiger partial charge >= 0.3 is 0 Å². The first kappa shape index (κ1) is 87.9. The summed E-state index contributed by atoms with van der Waals surface area (Å²) in [6.07, 6.45) is 51.1. The maximum absolute atomic E-state index is 13.4. The highest BCUT2D eigenvalue weighted by atomic mass is 16.8. The molecule has 97 heavy (non-hydrogen) atoms. The number of hydrogen-bond acceptors (Lipinski definition) is 18. The number of nitrogens with one attached hydrogen (secondary N) is 1. The summed E-state index contributed by atoms with van der Waals surface area (Å²) in [5, 5.41) is 121. The number of aliphatic hydroxyl groups is 11. The molecule has 0 aliphatic carbocycles. The van der Waals surface area contributed by atoms with Gasteiger partial charge in [-0.3, -0.25) is 4.79 Å². The standard InChI is InChI=1S/C78H135NO18/c1-3-5-7-9-11-13-15-17-19-21-23-25-26-27-28-29-30-31-32-33-34-36-37-39-41-43-45-47-49-51-53-55-62(83)61(79-66(84)56-54-52-50-48-46-44-42-40-38-35-24-22-20-18-16-14-12-10-8-6-4-2)60-92-76-72(90)69(87)74(64(58-81)94-76)97-78-73(91)70(88)75(65(59-82)95-78)96-77-71(89)68(86)67(85)63(57-80)93-77/h6,8,12,14,18,20,24,35,37,39-40,42,45,47,53,55,61-65,67-78,80-83,85-91H,3-5,7,9-11,13,15-17,19,21-23,25-34,36,38,41,43-44,46,48-52,54,56-60H2,1-2H3,(H,79,84)/b8-6-,14-12-,20-18-,35-24-,39-37+,42-40-,47-45+,55-53+.